The summed E-state index contributed by atoms with van der Waals surface area (Å²) in [7, 11) is -0.300. The Hall–Kier alpha value is -1.46. The van der Waals surface area contributed by atoms with Gasteiger partial charge in [0.05, 0.1) is 6.07 Å². The molecule has 0 radical (unpaired) electrons. The van der Waals surface area contributed by atoms with Crippen molar-refractivity contribution in [2.24, 2.45) is 0 Å². The van der Waals surface area contributed by atoms with Crippen molar-refractivity contribution >= 4 is 10.2 Å². The molecule has 0 N–H and O–H groups in total. The number of nitriles is 1. The van der Waals surface area contributed by atoms with E-state index in [4.69, 9.17) is 0 Å². The molecule has 0 amide bonds. The molecule has 0 unspecified atom stereocenters. The first-order valence-corrected chi connectivity index (χ1v) is 8.22. The Kier molecular flexibility index (Phi) is 4.96. The largest absolute Gasteiger partial charge is 0.282 e. The highest BCUT2D eigenvalue weighted by molar-refractivity contribution is 7.86. The Morgan fingerprint density at radius 3 is 2.19 bits per heavy atom. The Morgan fingerprint density at radius 1 is 1.14 bits per heavy atom. The zero-order valence-corrected chi connectivity index (χ0v) is 13.1. The fourth-order valence-electron chi connectivity index (χ4n) is 2.43. The third-order valence-corrected chi connectivity index (χ3v) is 5.60. The van der Waals surface area contributed by atoms with Gasteiger partial charge in [0.1, 0.15) is 6.04 Å². The SMILES string of the molecule is CN(C)S(=O)(=O)N1CCN([C@H](C#N)c2ccccc2)CC1. The van der Waals surface area contributed by atoms with Crippen molar-refractivity contribution < 1.29 is 8.42 Å². The van der Waals surface area contributed by atoms with Gasteiger partial charge in [0, 0.05) is 40.3 Å². The van der Waals surface area contributed by atoms with Crippen molar-refractivity contribution in [2.45, 2.75) is 6.04 Å². The standard InChI is InChI=1S/C14H20N4O2S/c1-16(2)21(19,20)18-10-8-17(9-11-18)14(12-15)13-6-4-3-5-7-13/h3-7,14H,8-11H2,1-2H3/t14-/m1/s1. The quantitative estimate of drug-likeness (QED) is 0.820. The fourth-order valence-corrected chi connectivity index (χ4v) is 3.51. The summed E-state index contributed by atoms with van der Waals surface area (Å²) in [6, 6.07) is 11.6. The molecule has 0 aliphatic carbocycles. The summed E-state index contributed by atoms with van der Waals surface area (Å²) in [5, 5.41) is 9.41. The van der Waals surface area contributed by atoms with Gasteiger partial charge in [0.15, 0.2) is 0 Å². The first kappa shape index (κ1) is 15.9. The molecular formula is C14H20N4O2S. The van der Waals surface area contributed by atoms with E-state index in [1.807, 2.05) is 35.2 Å². The summed E-state index contributed by atoms with van der Waals surface area (Å²) in [4.78, 5) is 2.02. The van der Waals surface area contributed by atoms with Crippen LogP contribution in [-0.2, 0) is 10.2 Å². The van der Waals surface area contributed by atoms with Crippen LogP contribution in [0.4, 0.5) is 0 Å². The molecule has 1 aliphatic heterocycles. The maximum absolute atomic E-state index is 12.1. The number of benzene rings is 1. The normalized spacial score (nSPS) is 19.3. The van der Waals surface area contributed by atoms with Crippen LogP contribution >= 0.6 is 0 Å². The molecular weight excluding hydrogens is 288 g/mol. The van der Waals surface area contributed by atoms with Gasteiger partial charge in [-0.3, -0.25) is 4.90 Å². The highest BCUT2D eigenvalue weighted by Gasteiger charge is 2.31. The molecule has 0 saturated carbocycles. The predicted octanol–water partition coefficient (Wildman–Crippen LogP) is 0.675. The molecule has 0 bridgehead atoms. The minimum Gasteiger partial charge on any atom is -0.282 e. The van der Waals surface area contributed by atoms with E-state index in [-0.39, 0.29) is 6.04 Å². The average molecular weight is 308 g/mol. The molecule has 114 valence electrons. The molecule has 1 aliphatic rings. The van der Waals surface area contributed by atoms with Gasteiger partial charge in [-0.15, -0.1) is 0 Å². The highest BCUT2D eigenvalue weighted by Crippen LogP contribution is 2.22. The summed E-state index contributed by atoms with van der Waals surface area (Å²) in [5.41, 5.74) is 0.948. The smallest absolute Gasteiger partial charge is 0.281 e. The van der Waals surface area contributed by atoms with Gasteiger partial charge in [-0.1, -0.05) is 30.3 Å². The second kappa shape index (κ2) is 6.54. The minimum atomic E-state index is -3.36. The summed E-state index contributed by atoms with van der Waals surface area (Å²) < 4.78 is 26.8. The van der Waals surface area contributed by atoms with E-state index in [0.717, 1.165) is 5.56 Å². The van der Waals surface area contributed by atoms with Crippen LogP contribution in [-0.4, -0.2) is 62.2 Å². The predicted molar refractivity (Wildman–Crippen MR) is 80.5 cm³/mol. The van der Waals surface area contributed by atoms with Crippen LogP contribution in [0.5, 0.6) is 0 Å². The van der Waals surface area contributed by atoms with Gasteiger partial charge < -0.3 is 0 Å². The molecule has 0 spiro atoms. The second-order valence-electron chi connectivity index (χ2n) is 5.17. The van der Waals surface area contributed by atoms with Gasteiger partial charge in [0.2, 0.25) is 0 Å². The van der Waals surface area contributed by atoms with E-state index in [9.17, 15) is 13.7 Å². The number of nitrogens with zero attached hydrogens (tertiary/aromatic N) is 4. The van der Waals surface area contributed by atoms with Crippen molar-refractivity contribution in [3.63, 3.8) is 0 Å². The molecule has 1 fully saturated rings. The molecule has 6 nitrogen and oxygen atoms in total. The summed E-state index contributed by atoms with van der Waals surface area (Å²) in [6.07, 6.45) is 0. The van der Waals surface area contributed by atoms with E-state index in [1.165, 1.54) is 22.7 Å². The minimum absolute atomic E-state index is 0.324. The molecule has 1 aromatic rings. The highest BCUT2D eigenvalue weighted by atomic mass is 32.2. The Morgan fingerprint density at radius 2 is 1.71 bits per heavy atom. The zero-order valence-electron chi connectivity index (χ0n) is 12.3. The van der Waals surface area contributed by atoms with Crippen LogP contribution in [0, 0.1) is 11.3 Å². The van der Waals surface area contributed by atoms with Gasteiger partial charge in [-0.05, 0) is 5.56 Å². The monoisotopic (exact) mass is 308 g/mol. The Balaban J connectivity index is 2.06. The molecule has 0 aromatic heterocycles. The number of hydrogen-bond donors (Lipinski definition) is 0. The van der Waals surface area contributed by atoms with Crippen LogP contribution in [0.15, 0.2) is 30.3 Å². The van der Waals surface area contributed by atoms with Crippen molar-refractivity contribution in [1.82, 2.24) is 13.5 Å². The summed E-state index contributed by atoms with van der Waals surface area (Å²) in [5.74, 6) is 0. The summed E-state index contributed by atoms with van der Waals surface area (Å²) >= 11 is 0. The molecule has 1 atom stereocenters. The van der Waals surface area contributed by atoms with E-state index < -0.39 is 10.2 Å². The fraction of sp³-hybridized carbons (Fsp3) is 0.500. The molecule has 1 heterocycles. The van der Waals surface area contributed by atoms with Crippen LogP contribution in [0.1, 0.15) is 11.6 Å². The maximum Gasteiger partial charge on any atom is 0.281 e. The maximum atomic E-state index is 12.1. The molecule has 7 heteroatoms. The van der Waals surface area contributed by atoms with Crippen molar-refractivity contribution in [3.8, 4) is 6.07 Å². The lowest BCUT2D eigenvalue weighted by atomic mass is 10.1. The average Bonchev–Trinajstić information content (AvgIpc) is 2.49. The Labute approximate surface area is 126 Å². The van der Waals surface area contributed by atoms with Crippen LogP contribution in [0.3, 0.4) is 0 Å². The van der Waals surface area contributed by atoms with Crippen molar-refractivity contribution in [2.75, 3.05) is 40.3 Å². The summed E-state index contributed by atoms with van der Waals surface area (Å²) in [6.45, 7) is 1.93. The molecule has 2 rings (SSSR count). The number of rotatable bonds is 4. The van der Waals surface area contributed by atoms with Crippen molar-refractivity contribution in [3.05, 3.63) is 35.9 Å². The molecule has 1 saturated heterocycles. The van der Waals surface area contributed by atoms with Gasteiger partial charge in [-0.2, -0.15) is 22.3 Å². The lowest BCUT2D eigenvalue weighted by molar-refractivity contribution is 0.159. The zero-order chi connectivity index (χ0) is 15.5. The van der Waals surface area contributed by atoms with E-state index in [2.05, 4.69) is 6.07 Å². The van der Waals surface area contributed by atoms with Crippen LogP contribution in [0.25, 0.3) is 0 Å². The molecule has 21 heavy (non-hydrogen) atoms. The van der Waals surface area contributed by atoms with Crippen LogP contribution in [0.2, 0.25) is 0 Å². The lowest BCUT2D eigenvalue weighted by Crippen LogP contribution is -2.52. The third kappa shape index (κ3) is 3.41. The van der Waals surface area contributed by atoms with Crippen molar-refractivity contribution in [1.29, 1.82) is 5.26 Å². The Bertz CT molecular complexity index is 602. The second-order valence-corrected chi connectivity index (χ2v) is 7.31. The molecule has 1 aromatic carbocycles. The first-order valence-electron chi connectivity index (χ1n) is 6.83. The van der Waals surface area contributed by atoms with E-state index >= 15 is 0 Å². The number of piperazine rings is 1. The van der Waals surface area contributed by atoms with Gasteiger partial charge >= 0.3 is 0 Å². The van der Waals surface area contributed by atoms with Gasteiger partial charge in [0.25, 0.3) is 10.2 Å². The number of hydrogen-bond acceptors (Lipinski definition) is 4. The van der Waals surface area contributed by atoms with Crippen LogP contribution < -0.4 is 0 Å². The lowest BCUT2D eigenvalue weighted by Gasteiger charge is -2.37. The first-order chi connectivity index (χ1) is 9.96. The van der Waals surface area contributed by atoms with Gasteiger partial charge in [-0.25, -0.2) is 0 Å². The van der Waals surface area contributed by atoms with E-state index in [1.54, 1.807) is 0 Å². The van der Waals surface area contributed by atoms with E-state index in [0.29, 0.717) is 26.2 Å². The topological polar surface area (TPSA) is 67.7 Å². The third-order valence-electron chi connectivity index (χ3n) is 3.66.